The first kappa shape index (κ1) is 12.9. The van der Waals surface area contributed by atoms with Crippen molar-refractivity contribution in [2.45, 2.75) is 44.3 Å². The van der Waals surface area contributed by atoms with Gasteiger partial charge in [0.1, 0.15) is 0 Å². The van der Waals surface area contributed by atoms with E-state index in [1.165, 1.54) is 0 Å². The molecule has 0 spiro atoms. The Bertz CT molecular complexity index is 199. The van der Waals surface area contributed by atoms with E-state index in [0.717, 1.165) is 0 Å². The molecule has 0 amide bonds. The van der Waals surface area contributed by atoms with Crippen LogP contribution in [0.2, 0.25) is 0 Å². The van der Waals surface area contributed by atoms with Crippen LogP contribution >= 0.6 is 0 Å². The summed E-state index contributed by atoms with van der Waals surface area (Å²) in [5, 5.41) is 22.8. The van der Waals surface area contributed by atoms with E-state index in [-0.39, 0.29) is 24.6 Å². The topological polar surface area (TPSA) is 87.7 Å². The third-order valence-corrected chi connectivity index (χ3v) is 3.01. The van der Waals surface area contributed by atoms with Gasteiger partial charge in [0.25, 0.3) is 0 Å². The summed E-state index contributed by atoms with van der Waals surface area (Å²) >= 11 is 0. The molecule has 5 heteroatoms. The molecule has 1 heterocycles. The van der Waals surface area contributed by atoms with Crippen LogP contribution in [-0.4, -0.2) is 54.3 Å². The van der Waals surface area contributed by atoms with E-state index in [1.807, 2.05) is 13.8 Å². The highest BCUT2D eigenvalue weighted by molar-refractivity contribution is 4.97. The fraction of sp³-hybridized carbons (Fsp3) is 1.00. The maximum Gasteiger partial charge on any atom is 0.0993 e. The summed E-state index contributed by atoms with van der Waals surface area (Å²) in [6.07, 6.45) is -2.14. The molecular formula is C10H22N2O3. The number of rotatable bonds is 3. The van der Waals surface area contributed by atoms with E-state index >= 15 is 0 Å². The molecule has 1 saturated heterocycles. The van der Waals surface area contributed by atoms with Crippen molar-refractivity contribution < 1.29 is 14.9 Å². The maximum atomic E-state index is 9.99. The molecule has 1 aliphatic heterocycles. The van der Waals surface area contributed by atoms with Gasteiger partial charge in [-0.3, -0.25) is 0 Å². The molecule has 1 fully saturated rings. The minimum Gasteiger partial charge on any atom is -0.389 e. The van der Waals surface area contributed by atoms with Crippen LogP contribution < -0.4 is 11.1 Å². The Kier molecular flexibility index (Phi) is 4.48. The highest BCUT2D eigenvalue weighted by atomic mass is 16.5. The van der Waals surface area contributed by atoms with Gasteiger partial charge in [-0.2, -0.15) is 0 Å². The fourth-order valence-corrected chi connectivity index (χ4v) is 2.09. The predicted octanol–water partition coefficient (Wildman–Crippen LogP) is -1.32. The zero-order valence-electron chi connectivity index (χ0n) is 9.55. The summed E-state index contributed by atoms with van der Waals surface area (Å²) in [6, 6.07) is -0.375. The van der Waals surface area contributed by atoms with Gasteiger partial charge in [-0.05, 0) is 13.0 Å². The molecule has 0 saturated carbocycles. The maximum absolute atomic E-state index is 9.99. The third-order valence-electron chi connectivity index (χ3n) is 3.01. The first-order valence-corrected chi connectivity index (χ1v) is 5.41. The van der Waals surface area contributed by atoms with Gasteiger partial charge in [0, 0.05) is 6.54 Å². The van der Waals surface area contributed by atoms with Crippen LogP contribution in [-0.2, 0) is 4.74 Å². The van der Waals surface area contributed by atoms with Gasteiger partial charge < -0.3 is 26.0 Å². The SMILES string of the molecule is CN[C@@H]1[C@@H](O)[C@H](C(C)C)O[C@H](CN)[C@H]1O. The van der Waals surface area contributed by atoms with Crippen molar-refractivity contribution in [3.05, 3.63) is 0 Å². The minimum atomic E-state index is -0.759. The molecule has 5 atom stereocenters. The number of ether oxygens (including phenoxy) is 1. The Morgan fingerprint density at radius 2 is 1.93 bits per heavy atom. The van der Waals surface area contributed by atoms with Crippen LogP contribution in [0.1, 0.15) is 13.8 Å². The largest absolute Gasteiger partial charge is 0.389 e. The molecule has 15 heavy (non-hydrogen) atoms. The molecule has 5 N–H and O–H groups in total. The van der Waals surface area contributed by atoms with Crippen LogP contribution in [0.3, 0.4) is 0 Å². The van der Waals surface area contributed by atoms with Crippen molar-refractivity contribution in [3.8, 4) is 0 Å². The summed E-state index contributed by atoms with van der Waals surface area (Å²) in [7, 11) is 1.72. The molecule has 0 aliphatic carbocycles. The Balaban J connectivity index is 2.79. The molecule has 0 aromatic carbocycles. The average Bonchev–Trinajstić information content (AvgIpc) is 2.18. The zero-order valence-corrected chi connectivity index (χ0v) is 9.55. The highest BCUT2D eigenvalue weighted by Crippen LogP contribution is 2.25. The Labute approximate surface area is 90.6 Å². The number of nitrogens with two attached hydrogens (primary N) is 1. The predicted molar refractivity (Wildman–Crippen MR) is 57.4 cm³/mol. The summed E-state index contributed by atoms with van der Waals surface area (Å²) in [5.74, 6) is 0.192. The van der Waals surface area contributed by atoms with E-state index < -0.39 is 18.3 Å². The Morgan fingerprint density at radius 3 is 2.33 bits per heavy atom. The summed E-state index contributed by atoms with van der Waals surface area (Å²) in [6.45, 7) is 4.22. The summed E-state index contributed by atoms with van der Waals surface area (Å²) in [5.41, 5.74) is 5.52. The van der Waals surface area contributed by atoms with Crippen LogP contribution in [0, 0.1) is 5.92 Å². The Hall–Kier alpha value is -0.200. The molecule has 0 aromatic rings. The second kappa shape index (κ2) is 5.23. The van der Waals surface area contributed by atoms with E-state index in [2.05, 4.69) is 5.32 Å². The first-order chi connectivity index (χ1) is 7.02. The van der Waals surface area contributed by atoms with Crippen molar-refractivity contribution in [1.82, 2.24) is 5.32 Å². The van der Waals surface area contributed by atoms with Gasteiger partial charge in [-0.15, -0.1) is 0 Å². The highest BCUT2D eigenvalue weighted by Gasteiger charge is 2.43. The molecule has 0 aromatic heterocycles. The summed E-state index contributed by atoms with van der Waals surface area (Å²) < 4.78 is 5.59. The minimum absolute atomic E-state index is 0.192. The summed E-state index contributed by atoms with van der Waals surface area (Å²) in [4.78, 5) is 0. The van der Waals surface area contributed by atoms with Crippen LogP contribution in [0.15, 0.2) is 0 Å². The molecular weight excluding hydrogens is 196 g/mol. The van der Waals surface area contributed by atoms with Gasteiger partial charge in [0.2, 0.25) is 0 Å². The van der Waals surface area contributed by atoms with Gasteiger partial charge in [0.05, 0.1) is 30.5 Å². The number of hydrogen-bond donors (Lipinski definition) is 4. The molecule has 1 aliphatic rings. The van der Waals surface area contributed by atoms with Crippen molar-refractivity contribution in [2.24, 2.45) is 11.7 Å². The average molecular weight is 218 g/mol. The van der Waals surface area contributed by atoms with Gasteiger partial charge in [-0.25, -0.2) is 0 Å². The zero-order chi connectivity index (χ0) is 11.6. The lowest BCUT2D eigenvalue weighted by molar-refractivity contribution is -0.192. The van der Waals surface area contributed by atoms with Gasteiger partial charge >= 0.3 is 0 Å². The lowest BCUT2D eigenvalue weighted by Gasteiger charge is -2.44. The number of nitrogens with one attached hydrogen (secondary N) is 1. The van der Waals surface area contributed by atoms with Crippen LogP contribution in [0.25, 0.3) is 0 Å². The standard InChI is InChI=1S/C10H22N2O3/c1-5(2)10-9(14)7(12-3)8(13)6(4-11)15-10/h5-10,12-14H,4,11H2,1-3H3/t6-,7+,8-,9-,10+/m1/s1. The number of aliphatic hydroxyl groups excluding tert-OH is 2. The fourth-order valence-electron chi connectivity index (χ4n) is 2.09. The smallest absolute Gasteiger partial charge is 0.0993 e. The molecule has 0 radical (unpaired) electrons. The quantitative estimate of drug-likeness (QED) is 0.472. The van der Waals surface area contributed by atoms with Crippen molar-refractivity contribution in [1.29, 1.82) is 0 Å². The van der Waals surface area contributed by atoms with Crippen molar-refractivity contribution in [2.75, 3.05) is 13.6 Å². The Morgan fingerprint density at radius 1 is 1.33 bits per heavy atom. The molecule has 90 valence electrons. The van der Waals surface area contributed by atoms with E-state index in [1.54, 1.807) is 7.05 Å². The van der Waals surface area contributed by atoms with Gasteiger partial charge in [-0.1, -0.05) is 13.8 Å². The van der Waals surface area contributed by atoms with Crippen molar-refractivity contribution in [3.63, 3.8) is 0 Å². The molecule has 0 unspecified atom stereocenters. The van der Waals surface area contributed by atoms with E-state index in [0.29, 0.717) is 0 Å². The monoisotopic (exact) mass is 218 g/mol. The number of hydrogen-bond acceptors (Lipinski definition) is 5. The van der Waals surface area contributed by atoms with E-state index in [9.17, 15) is 10.2 Å². The van der Waals surface area contributed by atoms with E-state index in [4.69, 9.17) is 10.5 Å². The lowest BCUT2D eigenvalue weighted by Crippen LogP contribution is -2.64. The molecule has 0 bridgehead atoms. The van der Waals surface area contributed by atoms with Crippen LogP contribution in [0.4, 0.5) is 0 Å². The molecule has 5 nitrogen and oxygen atoms in total. The van der Waals surface area contributed by atoms with Crippen LogP contribution in [0.5, 0.6) is 0 Å². The van der Waals surface area contributed by atoms with Crippen molar-refractivity contribution >= 4 is 0 Å². The number of aliphatic hydroxyl groups is 2. The normalized spacial score (nSPS) is 42.2. The number of likely N-dealkylation sites (N-methyl/N-ethyl adjacent to an activating group) is 1. The second-order valence-corrected chi connectivity index (χ2v) is 4.41. The second-order valence-electron chi connectivity index (χ2n) is 4.41. The first-order valence-electron chi connectivity index (χ1n) is 5.41. The molecule has 1 rings (SSSR count). The van der Waals surface area contributed by atoms with Gasteiger partial charge in [0.15, 0.2) is 0 Å². The third kappa shape index (κ3) is 2.49. The lowest BCUT2D eigenvalue weighted by atomic mass is 9.87.